The Labute approximate surface area is 184 Å². The first-order valence-corrected chi connectivity index (χ1v) is 10.5. The van der Waals surface area contributed by atoms with Gasteiger partial charge in [-0.05, 0) is 43.2 Å². The predicted octanol–water partition coefficient (Wildman–Crippen LogP) is 3.69. The van der Waals surface area contributed by atoms with E-state index in [0.29, 0.717) is 22.9 Å². The fourth-order valence-corrected chi connectivity index (χ4v) is 3.59. The van der Waals surface area contributed by atoms with E-state index in [-0.39, 0.29) is 36.8 Å². The SMILES string of the molecule is O=C(COc1ccccc1CNC(=O)c1cc2cc(Cl)ccc2o1)NC[C@@H]1CCCO1. The van der Waals surface area contributed by atoms with Crippen LogP contribution in [-0.2, 0) is 16.1 Å². The van der Waals surface area contributed by atoms with Gasteiger partial charge in [0.05, 0.1) is 6.10 Å². The molecule has 0 aliphatic carbocycles. The molecular formula is C23H23ClN2O5. The Morgan fingerprint density at radius 2 is 2.00 bits per heavy atom. The molecule has 1 aliphatic rings. The number of carbonyl (C=O) groups is 2. The third-order valence-electron chi connectivity index (χ3n) is 5.02. The molecule has 1 aliphatic heterocycles. The first-order valence-electron chi connectivity index (χ1n) is 10.1. The molecule has 1 fully saturated rings. The molecule has 2 aromatic carbocycles. The molecule has 0 spiro atoms. The van der Waals surface area contributed by atoms with Crippen molar-refractivity contribution in [1.29, 1.82) is 0 Å². The normalized spacial score (nSPS) is 15.7. The van der Waals surface area contributed by atoms with Crippen LogP contribution >= 0.6 is 11.6 Å². The summed E-state index contributed by atoms with van der Waals surface area (Å²) in [7, 11) is 0. The summed E-state index contributed by atoms with van der Waals surface area (Å²) in [5.74, 6) is 0.169. The van der Waals surface area contributed by atoms with Gasteiger partial charge in [-0.3, -0.25) is 9.59 Å². The number of benzene rings is 2. The van der Waals surface area contributed by atoms with E-state index < -0.39 is 0 Å². The maximum atomic E-state index is 12.5. The van der Waals surface area contributed by atoms with Gasteiger partial charge in [-0.15, -0.1) is 0 Å². The second kappa shape index (κ2) is 9.85. The van der Waals surface area contributed by atoms with E-state index in [1.807, 2.05) is 18.2 Å². The molecule has 1 aromatic heterocycles. The molecule has 2 heterocycles. The first-order chi connectivity index (χ1) is 15.1. The maximum Gasteiger partial charge on any atom is 0.287 e. The van der Waals surface area contributed by atoms with Crippen molar-refractivity contribution in [2.45, 2.75) is 25.5 Å². The van der Waals surface area contributed by atoms with Crippen molar-refractivity contribution in [2.75, 3.05) is 19.8 Å². The molecule has 3 aromatic rings. The highest BCUT2D eigenvalue weighted by Gasteiger charge is 2.17. The topological polar surface area (TPSA) is 89.8 Å². The molecule has 0 saturated carbocycles. The smallest absolute Gasteiger partial charge is 0.287 e. The van der Waals surface area contributed by atoms with E-state index in [1.165, 1.54) is 0 Å². The number of furan rings is 1. The lowest BCUT2D eigenvalue weighted by Gasteiger charge is -2.13. The Hall–Kier alpha value is -3.03. The molecule has 1 saturated heterocycles. The van der Waals surface area contributed by atoms with Crippen LogP contribution in [0, 0.1) is 0 Å². The largest absolute Gasteiger partial charge is 0.483 e. The van der Waals surface area contributed by atoms with E-state index in [2.05, 4.69) is 10.6 Å². The monoisotopic (exact) mass is 442 g/mol. The van der Waals surface area contributed by atoms with E-state index >= 15 is 0 Å². The van der Waals surface area contributed by atoms with Crippen LogP contribution < -0.4 is 15.4 Å². The van der Waals surface area contributed by atoms with Gasteiger partial charge in [-0.2, -0.15) is 0 Å². The summed E-state index contributed by atoms with van der Waals surface area (Å²) in [4.78, 5) is 24.6. The van der Waals surface area contributed by atoms with Gasteiger partial charge in [-0.1, -0.05) is 29.8 Å². The number of fused-ring (bicyclic) bond motifs is 1. The number of nitrogens with one attached hydrogen (secondary N) is 2. The number of carbonyl (C=O) groups excluding carboxylic acids is 2. The van der Waals surface area contributed by atoms with E-state index in [9.17, 15) is 9.59 Å². The predicted molar refractivity (Wildman–Crippen MR) is 116 cm³/mol. The number of amides is 2. The van der Waals surface area contributed by atoms with Gasteiger partial charge in [0.2, 0.25) is 0 Å². The van der Waals surface area contributed by atoms with Crippen molar-refractivity contribution in [3.8, 4) is 5.75 Å². The second-order valence-corrected chi connectivity index (χ2v) is 7.75. The molecule has 31 heavy (non-hydrogen) atoms. The van der Waals surface area contributed by atoms with Gasteiger partial charge < -0.3 is 24.5 Å². The number of hydrogen-bond donors (Lipinski definition) is 2. The van der Waals surface area contributed by atoms with E-state index in [1.54, 1.807) is 30.3 Å². The summed E-state index contributed by atoms with van der Waals surface area (Å²) in [6, 6.07) is 14.1. The second-order valence-electron chi connectivity index (χ2n) is 7.31. The van der Waals surface area contributed by atoms with Crippen LogP contribution in [0.3, 0.4) is 0 Å². The Morgan fingerprint density at radius 3 is 2.84 bits per heavy atom. The average molecular weight is 443 g/mol. The number of halogens is 1. The summed E-state index contributed by atoms with van der Waals surface area (Å²) in [5, 5.41) is 6.98. The van der Waals surface area contributed by atoms with Crippen LogP contribution in [0.5, 0.6) is 5.75 Å². The molecule has 2 N–H and O–H groups in total. The molecule has 0 radical (unpaired) electrons. The van der Waals surface area contributed by atoms with Crippen LogP contribution in [0.15, 0.2) is 52.9 Å². The zero-order valence-electron chi connectivity index (χ0n) is 16.9. The number of para-hydroxylation sites is 1. The fourth-order valence-electron chi connectivity index (χ4n) is 3.41. The number of ether oxygens (including phenoxy) is 2. The van der Waals surface area contributed by atoms with Gasteiger partial charge in [0.15, 0.2) is 12.4 Å². The highest BCUT2D eigenvalue weighted by molar-refractivity contribution is 6.31. The van der Waals surface area contributed by atoms with Crippen LogP contribution in [0.4, 0.5) is 0 Å². The molecule has 8 heteroatoms. The van der Waals surface area contributed by atoms with Crippen molar-refractivity contribution in [3.05, 3.63) is 64.9 Å². The van der Waals surface area contributed by atoms with Crippen molar-refractivity contribution in [2.24, 2.45) is 0 Å². The summed E-state index contributed by atoms with van der Waals surface area (Å²) in [6.45, 7) is 1.35. The van der Waals surface area contributed by atoms with Gasteiger partial charge in [0.1, 0.15) is 11.3 Å². The lowest BCUT2D eigenvalue weighted by molar-refractivity contribution is -0.123. The minimum atomic E-state index is -0.351. The standard InChI is InChI=1S/C23H23ClN2O5/c24-17-7-8-20-16(10-17)11-21(31-20)23(28)26-12-15-4-1-2-6-19(15)30-14-22(27)25-13-18-5-3-9-29-18/h1-2,4,6-8,10-11,18H,3,5,9,12-14H2,(H,25,27)(H,26,28)/t18-/m0/s1. The van der Waals surface area contributed by atoms with Crippen LogP contribution in [0.25, 0.3) is 11.0 Å². The highest BCUT2D eigenvalue weighted by Crippen LogP contribution is 2.23. The summed E-state index contributed by atoms with van der Waals surface area (Å²) in [5.41, 5.74) is 1.34. The number of rotatable bonds is 8. The Kier molecular flexibility index (Phi) is 6.74. The molecule has 2 amide bonds. The molecule has 162 valence electrons. The summed E-state index contributed by atoms with van der Waals surface area (Å²) < 4.78 is 16.7. The Morgan fingerprint density at radius 1 is 1.13 bits per heavy atom. The van der Waals surface area contributed by atoms with Crippen LogP contribution in [-0.4, -0.2) is 37.7 Å². The zero-order valence-corrected chi connectivity index (χ0v) is 17.6. The van der Waals surface area contributed by atoms with Crippen molar-refractivity contribution in [3.63, 3.8) is 0 Å². The number of hydrogen-bond acceptors (Lipinski definition) is 5. The summed E-state index contributed by atoms with van der Waals surface area (Å²) in [6.07, 6.45) is 2.07. The molecule has 1 atom stereocenters. The van der Waals surface area contributed by atoms with Crippen LogP contribution in [0.1, 0.15) is 29.0 Å². The molecule has 0 bridgehead atoms. The van der Waals surface area contributed by atoms with Crippen molar-refractivity contribution < 1.29 is 23.5 Å². The first kappa shape index (κ1) is 21.2. The minimum absolute atomic E-state index is 0.0840. The van der Waals surface area contributed by atoms with Crippen molar-refractivity contribution in [1.82, 2.24) is 10.6 Å². The molecule has 7 nitrogen and oxygen atoms in total. The lowest BCUT2D eigenvalue weighted by Crippen LogP contribution is -2.35. The lowest BCUT2D eigenvalue weighted by atomic mass is 10.2. The van der Waals surface area contributed by atoms with E-state index in [4.69, 9.17) is 25.5 Å². The fraction of sp³-hybridized carbons (Fsp3) is 0.304. The molecular weight excluding hydrogens is 420 g/mol. The van der Waals surface area contributed by atoms with E-state index in [0.717, 1.165) is 30.4 Å². The van der Waals surface area contributed by atoms with Gasteiger partial charge in [0, 0.05) is 35.7 Å². The van der Waals surface area contributed by atoms with Crippen LogP contribution in [0.2, 0.25) is 5.02 Å². The third kappa shape index (κ3) is 5.57. The van der Waals surface area contributed by atoms with Gasteiger partial charge >= 0.3 is 0 Å². The molecule has 4 rings (SSSR count). The Bertz CT molecular complexity index is 1070. The van der Waals surface area contributed by atoms with Gasteiger partial charge in [0.25, 0.3) is 11.8 Å². The summed E-state index contributed by atoms with van der Waals surface area (Å²) >= 11 is 5.98. The maximum absolute atomic E-state index is 12.5. The Balaban J connectivity index is 1.31. The van der Waals surface area contributed by atoms with Crippen molar-refractivity contribution >= 4 is 34.4 Å². The third-order valence-corrected chi connectivity index (χ3v) is 5.26. The minimum Gasteiger partial charge on any atom is -0.483 e. The van der Waals surface area contributed by atoms with Gasteiger partial charge in [-0.25, -0.2) is 0 Å². The average Bonchev–Trinajstić information content (AvgIpc) is 3.44. The quantitative estimate of drug-likeness (QED) is 0.555. The zero-order chi connectivity index (χ0) is 21.6. The molecule has 0 unspecified atom stereocenters. The highest BCUT2D eigenvalue weighted by atomic mass is 35.5.